The number of alkyl halides is 1. The minimum Gasteiger partial charge on any atom is -0.380 e. The zero-order valence-electron chi connectivity index (χ0n) is 12.9. The van der Waals surface area contributed by atoms with Gasteiger partial charge in [-0.25, -0.2) is 0 Å². The molecule has 0 spiro atoms. The van der Waals surface area contributed by atoms with E-state index in [-0.39, 0.29) is 6.10 Å². The van der Waals surface area contributed by atoms with Crippen LogP contribution in [0.15, 0.2) is 29.4 Å². The molecule has 0 saturated carbocycles. The van der Waals surface area contributed by atoms with Crippen LogP contribution in [-0.2, 0) is 9.47 Å². The first-order chi connectivity index (χ1) is 10.7. The van der Waals surface area contributed by atoms with E-state index in [0.29, 0.717) is 0 Å². The third-order valence-corrected chi connectivity index (χ3v) is 4.03. The van der Waals surface area contributed by atoms with Crippen molar-refractivity contribution in [3.63, 3.8) is 0 Å². The van der Waals surface area contributed by atoms with Gasteiger partial charge in [0.1, 0.15) is 6.67 Å². The van der Waals surface area contributed by atoms with Gasteiger partial charge in [-0.2, -0.15) is 0 Å². The second-order valence-corrected chi connectivity index (χ2v) is 5.27. The lowest BCUT2D eigenvalue weighted by Gasteiger charge is -2.22. The number of hydrogen-bond acceptors (Lipinski definition) is 4. The summed E-state index contributed by atoms with van der Waals surface area (Å²) < 4.78 is 23.7. The number of methoxy groups -OCH3 is 2. The largest absolute Gasteiger partial charge is 0.380 e. The molecule has 1 aliphatic rings. The van der Waals surface area contributed by atoms with Crippen LogP contribution in [0, 0.1) is 0 Å². The van der Waals surface area contributed by atoms with Crippen molar-refractivity contribution in [1.29, 1.82) is 0 Å². The molecule has 1 saturated heterocycles. The van der Waals surface area contributed by atoms with Crippen LogP contribution in [0.4, 0.5) is 10.1 Å². The topological polar surface area (TPSA) is 70.5 Å². The first kappa shape index (κ1) is 16.5. The van der Waals surface area contributed by atoms with Gasteiger partial charge >= 0.3 is 0 Å². The van der Waals surface area contributed by atoms with Crippen LogP contribution in [0.5, 0.6) is 0 Å². The van der Waals surface area contributed by atoms with Gasteiger partial charge < -0.3 is 14.4 Å². The van der Waals surface area contributed by atoms with Crippen LogP contribution < -0.4 is 4.90 Å². The first-order valence-corrected chi connectivity index (χ1v) is 7.24. The summed E-state index contributed by atoms with van der Waals surface area (Å²) in [6.45, 7) is 1.07. The van der Waals surface area contributed by atoms with Crippen LogP contribution in [-0.4, -0.2) is 46.1 Å². The standard InChI is InChI=1S/C15H21FN4O2/c1-21-13-7-8-20(10-13)12-5-3-11(4-6-12)15(22-2)14(9-16)18-19-17/h3-6,13-15H,7-10H2,1-2H3/t13-,14+,15+/m0/s1. The smallest absolute Gasteiger partial charge is 0.101 e. The SMILES string of the molecule is CO[C@H]1CCN(c2ccc([C@@H](OC)[C@@H](CF)N=[N+]=[N-])cc2)C1. The highest BCUT2D eigenvalue weighted by molar-refractivity contribution is 5.49. The lowest BCUT2D eigenvalue weighted by molar-refractivity contribution is 0.0722. The van der Waals surface area contributed by atoms with E-state index < -0.39 is 18.8 Å². The van der Waals surface area contributed by atoms with E-state index in [1.807, 2.05) is 24.3 Å². The quantitative estimate of drug-likeness (QED) is 0.441. The third-order valence-electron chi connectivity index (χ3n) is 4.03. The average molecular weight is 308 g/mol. The molecule has 22 heavy (non-hydrogen) atoms. The fourth-order valence-corrected chi connectivity index (χ4v) is 2.78. The Morgan fingerprint density at radius 3 is 2.64 bits per heavy atom. The van der Waals surface area contributed by atoms with Crippen molar-refractivity contribution in [2.75, 3.05) is 38.9 Å². The number of azide groups is 1. The Morgan fingerprint density at radius 2 is 2.14 bits per heavy atom. The number of benzene rings is 1. The summed E-state index contributed by atoms with van der Waals surface area (Å²) in [5, 5.41) is 3.46. The van der Waals surface area contributed by atoms with Gasteiger partial charge in [-0.3, -0.25) is 4.39 Å². The maximum Gasteiger partial charge on any atom is 0.101 e. The summed E-state index contributed by atoms with van der Waals surface area (Å²) in [6.07, 6.45) is 0.701. The lowest BCUT2D eigenvalue weighted by atomic mass is 10.0. The van der Waals surface area contributed by atoms with Gasteiger partial charge in [0, 0.05) is 37.9 Å². The molecule has 2 rings (SSSR count). The van der Waals surface area contributed by atoms with Crippen LogP contribution >= 0.6 is 0 Å². The molecule has 1 aromatic carbocycles. The minimum atomic E-state index is -0.856. The van der Waals surface area contributed by atoms with Gasteiger partial charge in [-0.15, -0.1) is 0 Å². The molecular weight excluding hydrogens is 287 g/mol. The van der Waals surface area contributed by atoms with Crippen molar-refractivity contribution < 1.29 is 13.9 Å². The van der Waals surface area contributed by atoms with Crippen LogP contribution in [0.25, 0.3) is 10.4 Å². The number of ether oxygens (including phenoxy) is 2. The van der Waals surface area contributed by atoms with Gasteiger partial charge in [-0.1, -0.05) is 17.2 Å². The highest BCUT2D eigenvalue weighted by Gasteiger charge is 2.24. The summed E-state index contributed by atoms with van der Waals surface area (Å²) in [5.74, 6) is 0. The van der Waals surface area contributed by atoms with E-state index in [9.17, 15) is 4.39 Å². The second-order valence-electron chi connectivity index (χ2n) is 5.27. The van der Waals surface area contributed by atoms with Crippen molar-refractivity contribution in [3.05, 3.63) is 40.3 Å². The fourth-order valence-electron chi connectivity index (χ4n) is 2.78. The maximum absolute atomic E-state index is 13.0. The van der Waals surface area contributed by atoms with Gasteiger partial charge in [0.15, 0.2) is 0 Å². The number of halogens is 1. The molecule has 3 atom stereocenters. The van der Waals surface area contributed by atoms with Crippen molar-refractivity contribution in [3.8, 4) is 0 Å². The number of hydrogen-bond donors (Lipinski definition) is 0. The van der Waals surface area contributed by atoms with Gasteiger partial charge in [-0.05, 0) is 29.6 Å². The Morgan fingerprint density at radius 1 is 1.41 bits per heavy atom. The molecule has 0 aromatic heterocycles. The molecule has 1 aromatic rings. The van der Waals surface area contributed by atoms with Gasteiger partial charge in [0.05, 0.1) is 18.2 Å². The van der Waals surface area contributed by atoms with E-state index in [1.54, 1.807) is 7.11 Å². The highest BCUT2D eigenvalue weighted by Crippen LogP contribution is 2.27. The molecule has 1 heterocycles. The molecule has 0 bridgehead atoms. The monoisotopic (exact) mass is 308 g/mol. The first-order valence-electron chi connectivity index (χ1n) is 7.24. The molecule has 120 valence electrons. The van der Waals surface area contributed by atoms with Gasteiger partial charge in [0.2, 0.25) is 0 Å². The Balaban J connectivity index is 2.11. The van der Waals surface area contributed by atoms with Gasteiger partial charge in [0.25, 0.3) is 0 Å². The Hall–Kier alpha value is -1.82. The molecule has 1 aliphatic heterocycles. The predicted octanol–water partition coefficient (Wildman–Crippen LogP) is 3.25. The Bertz CT molecular complexity index is 519. The van der Waals surface area contributed by atoms with Crippen LogP contribution in [0.1, 0.15) is 18.1 Å². The molecule has 6 nitrogen and oxygen atoms in total. The minimum absolute atomic E-state index is 0.271. The van der Waals surface area contributed by atoms with E-state index in [2.05, 4.69) is 14.9 Å². The Labute approximate surface area is 129 Å². The predicted molar refractivity (Wildman–Crippen MR) is 82.7 cm³/mol. The summed E-state index contributed by atoms with van der Waals surface area (Å²) in [4.78, 5) is 4.93. The molecule has 7 heteroatoms. The van der Waals surface area contributed by atoms with Crippen LogP contribution in [0.3, 0.4) is 0 Å². The summed E-state index contributed by atoms with van der Waals surface area (Å²) in [7, 11) is 3.21. The normalized spacial score (nSPS) is 20.5. The van der Waals surface area contributed by atoms with Crippen molar-refractivity contribution in [2.45, 2.75) is 24.7 Å². The number of rotatable bonds is 7. The highest BCUT2D eigenvalue weighted by atomic mass is 19.1. The molecule has 0 unspecified atom stereocenters. The zero-order valence-corrected chi connectivity index (χ0v) is 12.9. The van der Waals surface area contributed by atoms with E-state index in [1.165, 1.54) is 7.11 Å². The molecule has 0 radical (unpaired) electrons. The molecule has 0 N–H and O–H groups in total. The molecule has 0 aliphatic carbocycles. The van der Waals surface area contributed by atoms with Crippen molar-refractivity contribution in [2.24, 2.45) is 5.11 Å². The summed E-state index contributed by atoms with van der Waals surface area (Å²) in [6, 6.07) is 6.87. The lowest BCUT2D eigenvalue weighted by Crippen LogP contribution is -2.23. The van der Waals surface area contributed by atoms with E-state index in [0.717, 1.165) is 30.8 Å². The Kier molecular flexibility index (Phi) is 6.00. The molecule has 0 amide bonds. The molecular formula is C15H21FN4O2. The summed E-state index contributed by atoms with van der Waals surface area (Å²) in [5.41, 5.74) is 10.4. The van der Waals surface area contributed by atoms with Crippen molar-refractivity contribution in [1.82, 2.24) is 0 Å². The molecule has 1 fully saturated rings. The van der Waals surface area contributed by atoms with Crippen molar-refractivity contribution >= 4 is 5.69 Å². The van der Waals surface area contributed by atoms with Crippen LogP contribution in [0.2, 0.25) is 0 Å². The number of nitrogens with zero attached hydrogens (tertiary/aromatic N) is 4. The zero-order chi connectivity index (χ0) is 15.9. The van der Waals surface area contributed by atoms with E-state index in [4.69, 9.17) is 15.0 Å². The fraction of sp³-hybridized carbons (Fsp3) is 0.600. The number of anilines is 1. The summed E-state index contributed by atoms with van der Waals surface area (Å²) >= 11 is 0. The average Bonchev–Trinajstić information content (AvgIpc) is 3.04. The van der Waals surface area contributed by atoms with E-state index >= 15 is 0 Å². The maximum atomic E-state index is 13.0. The third kappa shape index (κ3) is 3.68. The second kappa shape index (κ2) is 7.98.